The van der Waals surface area contributed by atoms with Crippen LogP contribution in [0.2, 0.25) is 0 Å². The monoisotopic (exact) mass is 756 g/mol. The van der Waals surface area contributed by atoms with E-state index in [0.29, 0.717) is 42.4 Å². The number of ether oxygens (including phenoxy) is 4. The van der Waals surface area contributed by atoms with Crippen molar-refractivity contribution in [1.82, 2.24) is 38.2 Å². The quantitative estimate of drug-likeness (QED) is 0.121. The topological polar surface area (TPSA) is 289 Å². The first-order valence-corrected chi connectivity index (χ1v) is 17.9. The summed E-state index contributed by atoms with van der Waals surface area (Å²) < 4.78 is 28.1. The van der Waals surface area contributed by atoms with E-state index in [1.807, 2.05) is 6.92 Å². The van der Waals surface area contributed by atoms with E-state index in [9.17, 15) is 34.5 Å². The Morgan fingerprint density at radius 1 is 0.778 bits per heavy atom. The third-order valence-corrected chi connectivity index (χ3v) is 10.0. The van der Waals surface area contributed by atoms with Crippen molar-refractivity contribution in [2.45, 2.75) is 115 Å². The normalized spacial score (nSPS) is 28.0. The van der Waals surface area contributed by atoms with Gasteiger partial charge in [0, 0.05) is 26.9 Å². The molecule has 0 radical (unpaired) electrons. The number of nitrogens with two attached hydrogens (primary N) is 2. The first kappa shape index (κ1) is 37.4. The first-order valence-electron chi connectivity index (χ1n) is 17.9. The fourth-order valence-electron chi connectivity index (χ4n) is 7.06. The van der Waals surface area contributed by atoms with Crippen molar-refractivity contribution in [3.05, 3.63) is 33.4 Å². The van der Waals surface area contributed by atoms with Gasteiger partial charge >= 0.3 is 23.3 Å². The van der Waals surface area contributed by atoms with E-state index >= 15 is 0 Å². The summed E-state index contributed by atoms with van der Waals surface area (Å²) in [5, 5.41) is 29.4. The lowest BCUT2D eigenvalue weighted by Crippen LogP contribution is -2.40. The van der Waals surface area contributed by atoms with E-state index in [2.05, 4.69) is 19.9 Å². The highest BCUT2D eigenvalue weighted by atomic mass is 16.6. The van der Waals surface area contributed by atoms with Crippen LogP contribution in [-0.2, 0) is 41.6 Å². The second kappa shape index (κ2) is 14.7. The maximum Gasteiger partial charge on any atom is 0.332 e. The minimum atomic E-state index is -1.36. The minimum absolute atomic E-state index is 0.00503. The standard InChI is InChI=1S/C19H25N5O6.C14H19N5O5/c1-4-13-14(28-9(2)25)15(29-10(3)26)17(30-13)24-16-12(7-21-18(20)22-16)23(19(24)27)8-11-5-6-11;15-13-16-3-7-11(17-13)19(14(23)18(7)4-6-1-2-6)12-10(22)9(21)8(5-20)24-12/h7,11,13-15,17H,4-6,8H2,1-3H3,(H2,20,21,22);3,6,8-10,12,20-22H,1-2,4-5H2,(H2,15,16,17)/t13-,14+,15-,17-;8-,9+,10-,12-/m11/s1. The van der Waals surface area contributed by atoms with Gasteiger partial charge in [-0.3, -0.25) is 18.7 Å². The van der Waals surface area contributed by atoms with Gasteiger partial charge in [0.25, 0.3) is 0 Å². The number of imidazole rings is 2. The lowest BCUT2D eigenvalue weighted by molar-refractivity contribution is -0.165. The molecule has 2 aliphatic heterocycles. The van der Waals surface area contributed by atoms with Crippen LogP contribution in [0.15, 0.2) is 22.0 Å². The van der Waals surface area contributed by atoms with Gasteiger partial charge in [0.05, 0.1) is 19.0 Å². The molecule has 8 rings (SSSR count). The molecule has 0 aromatic carbocycles. The summed E-state index contributed by atoms with van der Waals surface area (Å²) >= 11 is 0. The Hall–Kier alpha value is -4.96. The molecule has 292 valence electrons. The molecule has 2 aliphatic carbocycles. The number of fused-ring (bicyclic) bond motifs is 2. The Morgan fingerprint density at radius 2 is 1.24 bits per heavy atom. The highest BCUT2D eigenvalue weighted by Gasteiger charge is 2.51. The number of nitrogen functional groups attached to an aromatic ring is 2. The molecule has 4 fully saturated rings. The predicted octanol–water partition coefficient (Wildman–Crippen LogP) is -1.05. The van der Waals surface area contributed by atoms with Crippen molar-refractivity contribution < 1.29 is 43.9 Å². The van der Waals surface area contributed by atoms with E-state index in [4.69, 9.17) is 30.4 Å². The summed E-state index contributed by atoms with van der Waals surface area (Å²) in [4.78, 5) is 66.1. The van der Waals surface area contributed by atoms with Crippen molar-refractivity contribution in [3.63, 3.8) is 0 Å². The average molecular weight is 757 g/mol. The Kier molecular flexibility index (Phi) is 10.2. The lowest BCUT2D eigenvalue weighted by atomic mass is 10.1. The molecule has 2 saturated heterocycles. The zero-order valence-electron chi connectivity index (χ0n) is 29.9. The molecular formula is C33H44N10O11. The van der Waals surface area contributed by atoms with Crippen LogP contribution in [0.4, 0.5) is 11.9 Å². The number of nitrogens with zero attached hydrogens (tertiary/aromatic N) is 8. The smallest absolute Gasteiger partial charge is 0.332 e. The van der Waals surface area contributed by atoms with Crippen LogP contribution in [-0.4, -0.2) is 109 Å². The number of aliphatic hydroxyl groups excluding tert-OH is 3. The van der Waals surface area contributed by atoms with E-state index in [0.717, 1.165) is 25.7 Å². The molecule has 7 N–H and O–H groups in total. The van der Waals surface area contributed by atoms with Gasteiger partial charge in [0.2, 0.25) is 11.9 Å². The Labute approximate surface area is 306 Å². The van der Waals surface area contributed by atoms with Gasteiger partial charge in [-0.1, -0.05) is 6.92 Å². The van der Waals surface area contributed by atoms with Crippen molar-refractivity contribution in [2.75, 3.05) is 18.1 Å². The highest BCUT2D eigenvalue weighted by molar-refractivity contribution is 5.73. The molecule has 4 aromatic rings. The molecule has 0 spiro atoms. The number of carbonyl (C=O) groups is 2. The maximum atomic E-state index is 13.4. The summed E-state index contributed by atoms with van der Waals surface area (Å²) in [7, 11) is 0. The summed E-state index contributed by atoms with van der Waals surface area (Å²) in [5.74, 6) is -0.256. The number of carbonyl (C=O) groups excluding carboxylic acids is 2. The summed E-state index contributed by atoms with van der Waals surface area (Å²) in [5.41, 5.74) is 12.2. The van der Waals surface area contributed by atoms with Crippen LogP contribution in [0.5, 0.6) is 0 Å². The van der Waals surface area contributed by atoms with E-state index in [-0.39, 0.29) is 28.9 Å². The number of hydrogen-bond acceptors (Lipinski definition) is 17. The van der Waals surface area contributed by atoms with Gasteiger partial charge in [-0.15, -0.1) is 0 Å². The predicted molar refractivity (Wildman–Crippen MR) is 186 cm³/mol. The highest BCUT2D eigenvalue weighted by Crippen LogP contribution is 2.38. The lowest BCUT2D eigenvalue weighted by Gasteiger charge is -2.23. The molecule has 4 aliphatic rings. The Morgan fingerprint density at radius 3 is 1.67 bits per heavy atom. The molecule has 0 bridgehead atoms. The second-order valence-electron chi connectivity index (χ2n) is 14.1. The molecule has 21 nitrogen and oxygen atoms in total. The van der Waals surface area contributed by atoms with Crippen LogP contribution < -0.4 is 22.8 Å². The summed E-state index contributed by atoms with van der Waals surface area (Å²) in [6.45, 7) is 4.97. The number of aromatic nitrogens is 8. The van der Waals surface area contributed by atoms with Crippen LogP contribution in [0.1, 0.15) is 65.3 Å². The third-order valence-electron chi connectivity index (χ3n) is 10.0. The Balaban J connectivity index is 0.000000171. The van der Waals surface area contributed by atoms with Gasteiger partial charge in [0.1, 0.15) is 35.4 Å². The summed E-state index contributed by atoms with van der Waals surface area (Å²) in [6.07, 6.45) is -0.542. The van der Waals surface area contributed by atoms with Crippen molar-refractivity contribution >= 4 is 46.2 Å². The molecule has 21 heteroatoms. The van der Waals surface area contributed by atoms with Gasteiger partial charge in [-0.05, 0) is 43.9 Å². The average Bonchev–Trinajstić information content (AvgIpc) is 4.04. The second-order valence-corrected chi connectivity index (χ2v) is 14.1. The van der Waals surface area contributed by atoms with Crippen LogP contribution >= 0.6 is 0 Å². The van der Waals surface area contributed by atoms with Crippen LogP contribution in [0, 0.1) is 11.8 Å². The Bertz CT molecular complexity index is 2170. The number of aliphatic hydroxyl groups is 3. The van der Waals surface area contributed by atoms with E-state index < -0.39 is 73.3 Å². The molecule has 4 aromatic heterocycles. The van der Waals surface area contributed by atoms with Gasteiger partial charge < -0.3 is 45.7 Å². The number of esters is 2. The fourth-order valence-corrected chi connectivity index (χ4v) is 7.06. The SMILES string of the molecule is CC[C@H]1O[C@@H](n2c(=O)n(CC3CC3)c3cnc(N)nc32)[C@H](OC(C)=O)[C@H]1OC(C)=O.Nc1ncc2c(n1)n([C@@H]1O[C@H](CO)[C@H](O)[C@H]1O)c(=O)n2CC1CC1. The zero-order chi connectivity index (χ0) is 38.6. The number of anilines is 2. The minimum Gasteiger partial charge on any atom is -0.456 e. The zero-order valence-corrected chi connectivity index (χ0v) is 29.9. The third kappa shape index (κ3) is 7.04. The molecule has 2 saturated carbocycles. The molecule has 0 unspecified atom stereocenters. The molecule has 8 atom stereocenters. The fraction of sp³-hybridized carbons (Fsp3) is 0.636. The van der Waals surface area contributed by atoms with Gasteiger partial charge in [0.15, 0.2) is 36.0 Å². The van der Waals surface area contributed by atoms with Crippen molar-refractivity contribution in [1.29, 1.82) is 0 Å². The molecule has 54 heavy (non-hydrogen) atoms. The van der Waals surface area contributed by atoms with Crippen molar-refractivity contribution in [2.24, 2.45) is 11.8 Å². The van der Waals surface area contributed by atoms with Gasteiger partial charge in [-0.25, -0.2) is 28.7 Å². The first-order chi connectivity index (χ1) is 25.8. The van der Waals surface area contributed by atoms with E-state index in [1.165, 1.54) is 35.4 Å². The molecule has 6 heterocycles. The number of rotatable bonds is 10. The van der Waals surface area contributed by atoms with Crippen LogP contribution in [0.3, 0.4) is 0 Å². The van der Waals surface area contributed by atoms with E-state index in [1.54, 1.807) is 9.13 Å². The van der Waals surface area contributed by atoms with Gasteiger partial charge in [-0.2, -0.15) is 9.97 Å². The summed E-state index contributed by atoms with van der Waals surface area (Å²) in [6, 6.07) is 0. The number of hydrogen-bond donors (Lipinski definition) is 5. The van der Waals surface area contributed by atoms with Crippen LogP contribution in [0.25, 0.3) is 22.3 Å². The molecular weight excluding hydrogens is 712 g/mol. The molecule has 0 amide bonds. The van der Waals surface area contributed by atoms with Crippen molar-refractivity contribution in [3.8, 4) is 0 Å². The largest absolute Gasteiger partial charge is 0.456 e. The maximum absolute atomic E-state index is 13.4.